The average molecular weight is 345 g/mol. The third kappa shape index (κ3) is 2.14. The highest BCUT2D eigenvalue weighted by atomic mass is 16.7. The Morgan fingerprint density at radius 3 is 2.42 bits per heavy atom. The molecule has 1 aliphatic heterocycles. The van der Waals surface area contributed by atoms with Crippen LogP contribution in [0.25, 0.3) is 32.8 Å². The minimum absolute atomic E-state index is 0.379. The molecule has 130 valence electrons. The number of hydrogen-bond acceptors (Lipinski definition) is 4. The zero-order valence-electron chi connectivity index (χ0n) is 15.4. The van der Waals surface area contributed by atoms with Gasteiger partial charge < -0.3 is 13.7 Å². The normalized spacial score (nSPS) is 19.0. The van der Waals surface area contributed by atoms with Crippen LogP contribution in [0.3, 0.4) is 0 Å². The Morgan fingerprint density at radius 2 is 1.65 bits per heavy atom. The second-order valence-corrected chi connectivity index (χ2v) is 7.96. The number of aromatic nitrogens is 1. The molecular weight excluding hydrogens is 325 g/mol. The summed E-state index contributed by atoms with van der Waals surface area (Å²) in [6, 6.07) is 14.2. The molecule has 0 radical (unpaired) electrons. The van der Waals surface area contributed by atoms with Crippen molar-refractivity contribution in [1.82, 2.24) is 4.98 Å². The van der Waals surface area contributed by atoms with Crippen LogP contribution in [0, 0.1) is 0 Å². The monoisotopic (exact) mass is 345 g/mol. The van der Waals surface area contributed by atoms with Gasteiger partial charge in [0.2, 0.25) is 0 Å². The number of nitrogens with zero attached hydrogens (tertiary/aromatic N) is 1. The van der Waals surface area contributed by atoms with Crippen LogP contribution in [0.5, 0.6) is 0 Å². The van der Waals surface area contributed by atoms with Crippen LogP contribution >= 0.6 is 0 Å². The Kier molecular flexibility index (Phi) is 3.10. The summed E-state index contributed by atoms with van der Waals surface area (Å²) >= 11 is 0. The van der Waals surface area contributed by atoms with Gasteiger partial charge in [0.25, 0.3) is 0 Å². The fourth-order valence-electron chi connectivity index (χ4n) is 3.59. The molecule has 26 heavy (non-hydrogen) atoms. The first kappa shape index (κ1) is 15.9. The molecule has 1 fully saturated rings. The van der Waals surface area contributed by atoms with Gasteiger partial charge in [-0.3, -0.25) is 4.98 Å². The van der Waals surface area contributed by atoms with E-state index >= 15 is 0 Å². The van der Waals surface area contributed by atoms with Crippen LogP contribution in [-0.4, -0.2) is 23.3 Å². The van der Waals surface area contributed by atoms with E-state index in [4.69, 9.17) is 13.7 Å². The quantitative estimate of drug-likeness (QED) is 0.479. The van der Waals surface area contributed by atoms with Gasteiger partial charge in [0.15, 0.2) is 0 Å². The maximum atomic E-state index is 6.29. The van der Waals surface area contributed by atoms with E-state index in [-0.39, 0.29) is 11.2 Å². The molecule has 5 rings (SSSR count). The van der Waals surface area contributed by atoms with Gasteiger partial charge in [-0.15, -0.1) is 0 Å². The molecule has 0 saturated carbocycles. The third-order valence-electron chi connectivity index (χ3n) is 5.76. The van der Waals surface area contributed by atoms with Crippen LogP contribution in [0.15, 0.2) is 53.1 Å². The molecule has 0 aliphatic carbocycles. The highest BCUT2D eigenvalue weighted by molar-refractivity contribution is 6.66. The summed E-state index contributed by atoms with van der Waals surface area (Å²) in [5.74, 6) is 0. The van der Waals surface area contributed by atoms with Crippen LogP contribution in [0.2, 0.25) is 0 Å². The predicted molar refractivity (Wildman–Crippen MR) is 105 cm³/mol. The summed E-state index contributed by atoms with van der Waals surface area (Å²) in [5, 5.41) is 3.20. The number of rotatable bonds is 1. The molecule has 1 saturated heterocycles. The standard InChI is InChI=1S/C21H20BNO3/c1-20(2)21(3,4)26-22(25-20)15-8-5-9-17-19(15)14-11-13-7-6-10-23-16(13)12-18(14)24-17/h5-12H,1-4H3. The zero-order valence-corrected chi connectivity index (χ0v) is 15.4. The van der Waals surface area contributed by atoms with Crippen molar-refractivity contribution in [3.05, 3.63) is 48.7 Å². The van der Waals surface area contributed by atoms with E-state index in [9.17, 15) is 0 Å². The summed E-state index contributed by atoms with van der Waals surface area (Å²) in [7, 11) is -0.422. The average Bonchev–Trinajstić information content (AvgIpc) is 3.06. The maximum Gasteiger partial charge on any atom is 0.495 e. The van der Waals surface area contributed by atoms with Gasteiger partial charge in [0, 0.05) is 28.4 Å². The molecule has 2 aromatic carbocycles. The van der Waals surface area contributed by atoms with E-state index in [1.54, 1.807) is 6.20 Å². The first-order valence-electron chi connectivity index (χ1n) is 8.91. The highest BCUT2D eigenvalue weighted by Gasteiger charge is 2.52. The second kappa shape index (κ2) is 5.09. The smallest absolute Gasteiger partial charge is 0.456 e. The first-order chi connectivity index (χ1) is 12.4. The minimum atomic E-state index is -0.422. The fraction of sp³-hybridized carbons (Fsp3) is 0.286. The topological polar surface area (TPSA) is 44.5 Å². The summed E-state index contributed by atoms with van der Waals surface area (Å²) in [6.45, 7) is 8.28. The lowest BCUT2D eigenvalue weighted by Gasteiger charge is -2.32. The second-order valence-electron chi connectivity index (χ2n) is 7.96. The SMILES string of the molecule is CC1(C)OB(c2cccc3oc4cc5ncccc5cc4c23)OC1(C)C. The molecule has 0 spiro atoms. The van der Waals surface area contributed by atoms with E-state index in [0.717, 1.165) is 38.3 Å². The van der Waals surface area contributed by atoms with Gasteiger partial charge in [-0.25, -0.2) is 0 Å². The van der Waals surface area contributed by atoms with Crippen LogP contribution in [0.4, 0.5) is 0 Å². The molecule has 0 bridgehead atoms. The number of furan rings is 1. The summed E-state index contributed by atoms with van der Waals surface area (Å²) in [4.78, 5) is 4.43. The van der Waals surface area contributed by atoms with Gasteiger partial charge in [0.05, 0.1) is 16.7 Å². The molecule has 4 nitrogen and oxygen atoms in total. The maximum absolute atomic E-state index is 6.29. The van der Waals surface area contributed by atoms with Crippen molar-refractivity contribution in [1.29, 1.82) is 0 Å². The van der Waals surface area contributed by atoms with Gasteiger partial charge in [0.1, 0.15) is 11.2 Å². The van der Waals surface area contributed by atoms with Crippen molar-refractivity contribution in [2.45, 2.75) is 38.9 Å². The van der Waals surface area contributed by atoms with Crippen molar-refractivity contribution in [2.75, 3.05) is 0 Å². The van der Waals surface area contributed by atoms with E-state index in [0.29, 0.717) is 0 Å². The van der Waals surface area contributed by atoms with E-state index < -0.39 is 7.12 Å². The number of fused-ring (bicyclic) bond motifs is 4. The van der Waals surface area contributed by atoms with Crippen LogP contribution < -0.4 is 5.46 Å². The third-order valence-corrected chi connectivity index (χ3v) is 5.76. The van der Waals surface area contributed by atoms with Crippen molar-refractivity contribution in [3.8, 4) is 0 Å². The van der Waals surface area contributed by atoms with Gasteiger partial charge in [-0.2, -0.15) is 0 Å². The molecule has 0 N–H and O–H groups in total. The zero-order chi connectivity index (χ0) is 18.1. The van der Waals surface area contributed by atoms with Crippen molar-refractivity contribution in [2.24, 2.45) is 0 Å². The molecule has 0 atom stereocenters. The molecule has 3 heterocycles. The summed E-state index contributed by atoms with van der Waals surface area (Å²) in [5.41, 5.74) is 2.84. The van der Waals surface area contributed by atoms with Crippen LogP contribution in [-0.2, 0) is 9.31 Å². The Balaban J connectivity index is 1.77. The van der Waals surface area contributed by atoms with E-state index in [2.05, 4.69) is 50.9 Å². The molecule has 1 aliphatic rings. The fourth-order valence-corrected chi connectivity index (χ4v) is 3.59. The van der Waals surface area contributed by atoms with Crippen molar-refractivity contribution in [3.63, 3.8) is 0 Å². The number of pyridine rings is 1. The Hall–Kier alpha value is -2.37. The van der Waals surface area contributed by atoms with Gasteiger partial charge >= 0.3 is 7.12 Å². The van der Waals surface area contributed by atoms with Gasteiger partial charge in [-0.05, 0) is 51.4 Å². The lowest BCUT2D eigenvalue weighted by Crippen LogP contribution is -2.41. The number of benzene rings is 2. The van der Waals surface area contributed by atoms with Crippen molar-refractivity contribution < 1.29 is 13.7 Å². The van der Waals surface area contributed by atoms with E-state index in [1.165, 1.54) is 0 Å². The summed E-state index contributed by atoms with van der Waals surface area (Å²) < 4.78 is 18.7. The Bertz CT molecular complexity index is 1150. The molecule has 4 aromatic rings. The summed E-state index contributed by atoms with van der Waals surface area (Å²) in [6.07, 6.45) is 1.80. The minimum Gasteiger partial charge on any atom is -0.456 e. The van der Waals surface area contributed by atoms with Crippen LogP contribution in [0.1, 0.15) is 27.7 Å². The lowest BCUT2D eigenvalue weighted by atomic mass is 9.76. The Morgan fingerprint density at radius 1 is 0.885 bits per heavy atom. The molecule has 0 amide bonds. The number of hydrogen-bond donors (Lipinski definition) is 0. The predicted octanol–water partition coefficient (Wildman–Crippen LogP) is 4.43. The van der Waals surface area contributed by atoms with Gasteiger partial charge in [-0.1, -0.05) is 18.2 Å². The molecule has 0 unspecified atom stereocenters. The molecular formula is C21H20BNO3. The Labute approximate surface area is 152 Å². The van der Waals surface area contributed by atoms with Crippen molar-refractivity contribution >= 4 is 45.4 Å². The molecule has 2 aromatic heterocycles. The first-order valence-corrected chi connectivity index (χ1v) is 8.91. The highest BCUT2D eigenvalue weighted by Crippen LogP contribution is 2.38. The molecule has 5 heteroatoms. The van der Waals surface area contributed by atoms with E-state index in [1.807, 2.05) is 24.3 Å². The largest absolute Gasteiger partial charge is 0.495 e. The lowest BCUT2D eigenvalue weighted by molar-refractivity contribution is 0.00578.